The molecule has 0 radical (unpaired) electrons. The number of hydrogen-bond acceptors (Lipinski definition) is 3. The van der Waals surface area contributed by atoms with Gasteiger partial charge in [-0.05, 0) is 44.0 Å². The van der Waals surface area contributed by atoms with Gasteiger partial charge in [-0.1, -0.05) is 29.3 Å². The lowest BCUT2D eigenvalue weighted by Crippen LogP contribution is -2.14. The first-order chi connectivity index (χ1) is 10.5. The van der Waals surface area contributed by atoms with Crippen molar-refractivity contribution >= 4 is 23.2 Å². The van der Waals surface area contributed by atoms with Crippen LogP contribution in [-0.2, 0) is 0 Å². The first kappa shape index (κ1) is 14.7. The van der Waals surface area contributed by atoms with Crippen molar-refractivity contribution in [3.63, 3.8) is 0 Å². The average molecular weight is 318 g/mol. The second kappa shape index (κ2) is 5.54. The number of carbonyl (C=O) groups is 1. The highest BCUT2D eigenvalue weighted by Gasteiger charge is 2.21. The molecule has 2 aromatic carbocycles. The summed E-state index contributed by atoms with van der Waals surface area (Å²) in [5.74, 6) is 0.756. The summed E-state index contributed by atoms with van der Waals surface area (Å²) in [4.78, 5) is 12.5. The van der Waals surface area contributed by atoms with Gasteiger partial charge < -0.3 is 14.8 Å². The van der Waals surface area contributed by atoms with Gasteiger partial charge in [-0.2, -0.15) is 0 Å². The van der Waals surface area contributed by atoms with Crippen molar-refractivity contribution in [1.29, 1.82) is 0 Å². The number of benzene rings is 2. The SMILES string of the molecule is Cc1cc(C)c(NC(=O)c2cc(Cl)c3c(c2)OCO3)c(C)c1. The van der Waals surface area contributed by atoms with Crippen molar-refractivity contribution in [2.24, 2.45) is 0 Å². The molecule has 2 aromatic rings. The molecule has 1 amide bonds. The third-order valence-corrected chi connectivity index (χ3v) is 3.89. The number of fused-ring (bicyclic) bond motifs is 1. The molecular formula is C17H16ClNO3. The second-order valence-electron chi connectivity index (χ2n) is 5.42. The normalized spacial score (nSPS) is 12.4. The molecule has 22 heavy (non-hydrogen) atoms. The molecule has 0 spiro atoms. The van der Waals surface area contributed by atoms with Gasteiger partial charge in [-0.3, -0.25) is 4.79 Å². The van der Waals surface area contributed by atoms with Gasteiger partial charge in [0.15, 0.2) is 11.5 Å². The number of halogens is 1. The van der Waals surface area contributed by atoms with Gasteiger partial charge in [0.25, 0.3) is 5.91 Å². The number of aryl methyl sites for hydroxylation is 3. The Hall–Kier alpha value is -2.20. The van der Waals surface area contributed by atoms with Crippen LogP contribution in [-0.4, -0.2) is 12.7 Å². The summed E-state index contributed by atoms with van der Waals surface area (Å²) in [6.07, 6.45) is 0. The first-order valence-electron chi connectivity index (χ1n) is 6.94. The van der Waals surface area contributed by atoms with Crippen LogP contribution in [0.1, 0.15) is 27.0 Å². The molecule has 1 aliphatic rings. The van der Waals surface area contributed by atoms with Crippen molar-refractivity contribution in [2.75, 3.05) is 12.1 Å². The molecule has 0 atom stereocenters. The van der Waals surface area contributed by atoms with Crippen molar-refractivity contribution in [3.05, 3.63) is 51.5 Å². The number of nitrogens with one attached hydrogen (secondary N) is 1. The van der Waals surface area contributed by atoms with E-state index in [2.05, 4.69) is 5.32 Å². The van der Waals surface area contributed by atoms with Crippen LogP contribution >= 0.6 is 11.6 Å². The van der Waals surface area contributed by atoms with Crippen molar-refractivity contribution in [3.8, 4) is 11.5 Å². The molecule has 0 bridgehead atoms. The summed E-state index contributed by atoms with van der Waals surface area (Å²) < 4.78 is 10.5. The van der Waals surface area contributed by atoms with E-state index in [4.69, 9.17) is 21.1 Å². The van der Waals surface area contributed by atoms with Crippen LogP contribution in [0.2, 0.25) is 5.02 Å². The fourth-order valence-electron chi connectivity index (χ4n) is 2.66. The molecule has 3 rings (SSSR count). The third kappa shape index (κ3) is 2.62. The van der Waals surface area contributed by atoms with Crippen LogP contribution in [0.5, 0.6) is 11.5 Å². The Balaban J connectivity index is 1.91. The van der Waals surface area contributed by atoms with Crippen LogP contribution in [0.4, 0.5) is 5.69 Å². The quantitative estimate of drug-likeness (QED) is 0.901. The molecule has 0 fully saturated rings. The van der Waals surface area contributed by atoms with E-state index in [1.165, 1.54) is 5.56 Å². The zero-order valence-corrected chi connectivity index (χ0v) is 13.4. The molecule has 1 N–H and O–H groups in total. The minimum absolute atomic E-state index is 0.121. The molecular weight excluding hydrogens is 302 g/mol. The fourth-order valence-corrected chi connectivity index (χ4v) is 2.93. The number of ether oxygens (including phenoxy) is 2. The van der Waals surface area contributed by atoms with Gasteiger partial charge in [0.1, 0.15) is 0 Å². The number of carbonyl (C=O) groups excluding carboxylic acids is 1. The van der Waals surface area contributed by atoms with E-state index in [1.807, 2.05) is 32.9 Å². The monoisotopic (exact) mass is 317 g/mol. The number of hydrogen-bond donors (Lipinski definition) is 1. The number of rotatable bonds is 2. The maximum absolute atomic E-state index is 12.5. The third-order valence-electron chi connectivity index (χ3n) is 3.60. The van der Waals surface area contributed by atoms with E-state index in [0.29, 0.717) is 22.1 Å². The van der Waals surface area contributed by atoms with E-state index >= 15 is 0 Å². The fraction of sp³-hybridized carbons (Fsp3) is 0.235. The maximum Gasteiger partial charge on any atom is 0.255 e. The molecule has 114 valence electrons. The highest BCUT2D eigenvalue weighted by atomic mass is 35.5. The van der Waals surface area contributed by atoms with Crippen molar-refractivity contribution in [2.45, 2.75) is 20.8 Å². The van der Waals surface area contributed by atoms with E-state index in [9.17, 15) is 4.79 Å². The molecule has 1 heterocycles. The van der Waals surface area contributed by atoms with Gasteiger partial charge in [-0.15, -0.1) is 0 Å². The lowest BCUT2D eigenvalue weighted by Gasteiger charge is -2.13. The van der Waals surface area contributed by atoms with Gasteiger partial charge in [0.05, 0.1) is 5.02 Å². The molecule has 0 saturated heterocycles. The van der Waals surface area contributed by atoms with Gasteiger partial charge in [0, 0.05) is 11.3 Å². The topological polar surface area (TPSA) is 47.6 Å². The maximum atomic E-state index is 12.5. The van der Waals surface area contributed by atoms with Crippen LogP contribution in [0.25, 0.3) is 0 Å². The second-order valence-corrected chi connectivity index (χ2v) is 5.83. The Bertz CT molecular complexity index is 748. The predicted octanol–water partition coefficient (Wildman–Crippen LogP) is 4.25. The van der Waals surface area contributed by atoms with Crippen molar-refractivity contribution < 1.29 is 14.3 Å². The van der Waals surface area contributed by atoms with E-state index in [1.54, 1.807) is 12.1 Å². The summed E-state index contributed by atoms with van der Waals surface area (Å²) in [6.45, 7) is 6.10. The van der Waals surface area contributed by atoms with Gasteiger partial charge in [-0.25, -0.2) is 0 Å². The number of amides is 1. The van der Waals surface area contributed by atoms with Gasteiger partial charge in [0.2, 0.25) is 6.79 Å². The highest BCUT2D eigenvalue weighted by molar-refractivity contribution is 6.32. The summed E-state index contributed by atoms with van der Waals surface area (Å²) in [6, 6.07) is 7.30. The predicted molar refractivity (Wildman–Crippen MR) is 86.2 cm³/mol. The van der Waals surface area contributed by atoms with Crippen LogP contribution in [0, 0.1) is 20.8 Å². The summed E-state index contributed by atoms with van der Waals surface area (Å²) in [5, 5.41) is 3.32. The molecule has 0 aromatic heterocycles. The van der Waals surface area contributed by atoms with E-state index in [-0.39, 0.29) is 12.7 Å². The summed E-state index contributed by atoms with van der Waals surface area (Å²) in [5.41, 5.74) is 4.48. The van der Waals surface area contributed by atoms with E-state index < -0.39 is 0 Å². The highest BCUT2D eigenvalue weighted by Crippen LogP contribution is 2.40. The minimum Gasteiger partial charge on any atom is -0.454 e. The van der Waals surface area contributed by atoms with Crippen LogP contribution in [0.3, 0.4) is 0 Å². The summed E-state index contributed by atoms with van der Waals surface area (Å²) >= 11 is 6.12. The molecule has 0 aliphatic carbocycles. The summed E-state index contributed by atoms with van der Waals surface area (Å²) in [7, 11) is 0. The number of anilines is 1. The molecule has 4 nitrogen and oxygen atoms in total. The Morgan fingerprint density at radius 3 is 2.45 bits per heavy atom. The Kier molecular flexibility index (Phi) is 3.71. The molecule has 0 unspecified atom stereocenters. The zero-order chi connectivity index (χ0) is 15.9. The average Bonchev–Trinajstić information content (AvgIpc) is 2.91. The molecule has 5 heteroatoms. The molecule has 0 saturated carbocycles. The van der Waals surface area contributed by atoms with Crippen molar-refractivity contribution in [1.82, 2.24) is 0 Å². The van der Waals surface area contributed by atoms with Crippen LogP contribution < -0.4 is 14.8 Å². The lowest BCUT2D eigenvalue weighted by atomic mass is 10.0. The smallest absolute Gasteiger partial charge is 0.255 e. The van der Waals surface area contributed by atoms with E-state index in [0.717, 1.165) is 16.8 Å². The molecule has 1 aliphatic heterocycles. The van der Waals surface area contributed by atoms with Gasteiger partial charge >= 0.3 is 0 Å². The van der Waals surface area contributed by atoms with Crippen LogP contribution in [0.15, 0.2) is 24.3 Å². The lowest BCUT2D eigenvalue weighted by molar-refractivity contribution is 0.102. The Morgan fingerprint density at radius 2 is 1.77 bits per heavy atom. The first-order valence-corrected chi connectivity index (χ1v) is 7.32. The zero-order valence-electron chi connectivity index (χ0n) is 12.6. The Labute approximate surface area is 134 Å². The Morgan fingerprint density at radius 1 is 1.09 bits per heavy atom. The standard InChI is InChI=1S/C17H16ClNO3/c1-9-4-10(2)15(11(3)5-9)19-17(20)12-6-13(18)16-14(7-12)21-8-22-16/h4-7H,8H2,1-3H3,(H,19,20). The largest absolute Gasteiger partial charge is 0.454 e. The minimum atomic E-state index is -0.227.